The van der Waals surface area contributed by atoms with Gasteiger partial charge in [0.25, 0.3) is 0 Å². The van der Waals surface area contributed by atoms with Crippen molar-refractivity contribution >= 4 is 11.4 Å². The Morgan fingerprint density at radius 3 is 1.58 bits per heavy atom. The predicted molar refractivity (Wildman–Crippen MR) is 111 cm³/mol. The van der Waals surface area contributed by atoms with E-state index in [1.54, 1.807) is 0 Å². The fourth-order valence-corrected chi connectivity index (χ4v) is 3.72. The molecule has 130 valence electrons. The second-order valence-electron chi connectivity index (χ2n) is 7.06. The standard InChI is InChI=1S/C25H25N/c1-20-12-14-21(15-13-20)22-16-18-25(19-17-22)26(23-8-4-2-5-9-23)24-10-6-3-7-11-24/h2-12,14,16,18H,13,15,17,19H2,1H3. The highest BCUT2D eigenvalue weighted by molar-refractivity contribution is 5.69. The van der Waals surface area contributed by atoms with E-state index in [0.29, 0.717) is 0 Å². The van der Waals surface area contributed by atoms with Gasteiger partial charge in [-0.25, -0.2) is 0 Å². The van der Waals surface area contributed by atoms with Gasteiger partial charge in [0.2, 0.25) is 0 Å². The molecule has 0 saturated carbocycles. The smallest absolute Gasteiger partial charge is 0.0458 e. The van der Waals surface area contributed by atoms with Gasteiger partial charge >= 0.3 is 0 Å². The Hall–Kier alpha value is -2.80. The summed E-state index contributed by atoms with van der Waals surface area (Å²) in [4.78, 5) is 2.38. The van der Waals surface area contributed by atoms with E-state index in [2.05, 4.69) is 96.8 Å². The van der Waals surface area contributed by atoms with Gasteiger partial charge in [-0.2, -0.15) is 0 Å². The zero-order chi connectivity index (χ0) is 17.8. The highest BCUT2D eigenvalue weighted by Crippen LogP contribution is 2.36. The zero-order valence-electron chi connectivity index (χ0n) is 15.4. The van der Waals surface area contributed by atoms with Crippen molar-refractivity contribution in [3.8, 4) is 0 Å². The van der Waals surface area contributed by atoms with Crippen molar-refractivity contribution in [2.75, 3.05) is 4.90 Å². The van der Waals surface area contributed by atoms with Crippen molar-refractivity contribution in [3.05, 3.63) is 107 Å². The molecule has 0 atom stereocenters. The minimum Gasteiger partial charge on any atom is -0.314 e. The maximum absolute atomic E-state index is 2.38. The summed E-state index contributed by atoms with van der Waals surface area (Å²) >= 11 is 0. The van der Waals surface area contributed by atoms with Crippen molar-refractivity contribution in [1.29, 1.82) is 0 Å². The Labute approximate surface area is 156 Å². The lowest BCUT2D eigenvalue weighted by Gasteiger charge is -2.30. The average Bonchev–Trinajstić information content (AvgIpc) is 2.71. The molecular weight excluding hydrogens is 314 g/mol. The molecule has 2 aliphatic rings. The van der Waals surface area contributed by atoms with Crippen molar-refractivity contribution < 1.29 is 0 Å². The monoisotopic (exact) mass is 339 g/mol. The third-order valence-electron chi connectivity index (χ3n) is 5.21. The van der Waals surface area contributed by atoms with Crippen LogP contribution in [0, 0.1) is 0 Å². The highest BCUT2D eigenvalue weighted by atomic mass is 15.1. The van der Waals surface area contributed by atoms with Gasteiger partial charge < -0.3 is 4.90 Å². The Balaban J connectivity index is 1.67. The molecule has 2 aromatic rings. The summed E-state index contributed by atoms with van der Waals surface area (Å²) in [7, 11) is 0. The second kappa shape index (κ2) is 7.61. The van der Waals surface area contributed by atoms with E-state index < -0.39 is 0 Å². The number of benzene rings is 2. The van der Waals surface area contributed by atoms with E-state index in [1.807, 2.05) is 0 Å². The molecule has 0 heterocycles. The number of hydrogen-bond donors (Lipinski definition) is 0. The van der Waals surface area contributed by atoms with E-state index in [9.17, 15) is 0 Å². The fourth-order valence-electron chi connectivity index (χ4n) is 3.72. The number of allylic oxidation sites excluding steroid dienone is 8. The summed E-state index contributed by atoms with van der Waals surface area (Å²) in [5, 5.41) is 0. The molecule has 0 spiro atoms. The van der Waals surface area contributed by atoms with Crippen LogP contribution in [0.2, 0.25) is 0 Å². The van der Waals surface area contributed by atoms with Crippen LogP contribution in [0.5, 0.6) is 0 Å². The van der Waals surface area contributed by atoms with Crippen molar-refractivity contribution in [2.24, 2.45) is 0 Å². The quantitative estimate of drug-likeness (QED) is 0.574. The molecule has 0 amide bonds. The number of rotatable bonds is 4. The van der Waals surface area contributed by atoms with Gasteiger partial charge in [-0.1, -0.05) is 60.2 Å². The molecule has 2 aromatic carbocycles. The minimum absolute atomic E-state index is 1.07. The fraction of sp³-hybridized carbons (Fsp3) is 0.200. The Morgan fingerprint density at radius 2 is 1.12 bits per heavy atom. The maximum Gasteiger partial charge on any atom is 0.0458 e. The Bertz CT molecular complexity index is 843. The molecule has 0 fully saturated rings. The largest absolute Gasteiger partial charge is 0.314 e. The summed E-state index contributed by atoms with van der Waals surface area (Å²) < 4.78 is 0. The van der Waals surface area contributed by atoms with Gasteiger partial charge in [0.1, 0.15) is 0 Å². The van der Waals surface area contributed by atoms with Crippen molar-refractivity contribution in [3.63, 3.8) is 0 Å². The molecule has 1 nitrogen and oxygen atoms in total. The van der Waals surface area contributed by atoms with Crippen LogP contribution < -0.4 is 4.90 Å². The normalized spacial score (nSPS) is 17.0. The molecular formula is C25H25N. The first-order valence-electron chi connectivity index (χ1n) is 9.48. The lowest BCUT2D eigenvalue weighted by molar-refractivity contribution is 0.837. The second-order valence-corrected chi connectivity index (χ2v) is 7.06. The average molecular weight is 339 g/mol. The van der Waals surface area contributed by atoms with E-state index in [4.69, 9.17) is 0 Å². The third-order valence-corrected chi connectivity index (χ3v) is 5.21. The van der Waals surface area contributed by atoms with Crippen LogP contribution in [0.1, 0.15) is 32.6 Å². The van der Waals surface area contributed by atoms with Gasteiger partial charge in [-0.05, 0) is 74.1 Å². The van der Waals surface area contributed by atoms with E-state index in [0.717, 1.165) is 12.8 Å². The number of anilines is 2. The van der Waals surface area contributed by atoms with Crippen LogP contribution in [-0.2, 0) is 0 Å². The number of para-hydroxylation sites is 2. The van der Waals surface area contributed by atoms with Crippen LogP contribution >= 0.6 is 0 Å². The first-order valence-corrected chi connectivity index (χ1v) is 9.48. The summed E-state index contributed by atoms with van der Waals surface area (Å²) in [6, 6.07) is 21.3. The lowest BCUT2D eigenvalue weighted by atomic mass is 9.88. The Morgan fingerprint density at radius 1 is 0.577 bits per heavy atom. The van der Waals surface area contributed by atoms with Crippen molar-refractivity contribution in [2.45, 2.75) is 32.6 Å². The molecule has 4 rings (SSSR count). The summed E-state index contributed by atoms with van der Waals surface area (Å²) in [5.41, 5.74) is 8.29. The van der Waals surface area contributed by atoms with Crippen LogP contribution in [-0.4, -0.2) is 0 Å². The van der Waals surface area contributed by atoms with Crippen LogP contribution in [0.4, 0.5) is 11.4 Å². The third kappa shape index (κ3) is 3.57. The lowest BCUT2D eigenvalue weighted by Crippen LogP contribution is -2.18. The number of nitrogens with zero attached hydrogens (tertiary/aromatic N) is 1. The minimum atomic E-state index is 1.07. The molecule has 0 bridgehead atoms. The van der Waals surface area contributed by atoms with Crippen LogP contribution in [0.25, 0.3) is 0 Å². The molecule has 0 aliphatic heterocycles. The summed E-state index contributed by atoms with van der Waals surface area (Å²) in [5.74, 6) is 0. The zero-order valence-corrected chi connectivity index (χ0v) is 15.4. The molecule has 0 N–H and O–H groups in total. The molecule has 0 unspecified atom stereocenters. The van der Waals surface area contributed by atoms with Crippen molar-refractivity contribution in [1.82, 2.24) is 0 Å². The van der Waals surface area contributed by atoms with Gasteiger partial charge in [0.15, 0.2) is 0 Å². The first-order chi connectivity index (χ1) is 12.8. The molecule has 0 saturated heterocycles. The Kier molecular flexibility index (Phi) is 4.88. The van der Waals surface area contributed by atoms with E-state index in [-0.39, 0.29) is 0 Å². The molecule has 1 heteroatoms. The topological polar surface area (TPSA) is 3.24 Å². The molecule has 0 radical (unpaired) electrons. The molecule has 2 aliphatic carbocycles. The van der Waals surface area contributed by atoms with E-state index >= 15 is 0 Å². The molecule has 0 aromatic heterocycles. The highest BCUT2D eigenvalue weighted by Gasteiger charge is 2.18. The first kappa shape index (κ1) is 16.7. The van der Waals surface area contributed by atoms with Gasteiger partial charge in [0, 0.05) is 17.1 Å². The molecule has 26 heavy (non-hydrogen) atoms. The van der Waals surface area contributed by atoms with Crippen LogP contribution in [0.3, 0.4) is 0 Å². The summed E-state index contributed by atoms with van der Waals surface area (Å²) in [6.45, 7) is 2.22. The maximum atomic E-state index is 2.38. The van der Waals surface area contributed by atoms with E-state index in [1.165, 1.54) is 46.6 Å². The van der Waals surface area contributed by atoms with Gasteiger partial charge in [-0.15, -0.1) is 0 Å². The van der Waals surface area contributed by atoms with Gasteiger partial charge in [0.05, 0.1) is 0 Å². The van der Waals surface area contributed by atoms with Gasteiger partial charge in [-0.3, -0.25) is 0 Å². The SMILES string of the molecule is CC1=CC=C(C2=CC=C(N(c3ccccc3)c3ccccc3)CC2)CC1. The predicted octanol–water partition coefficient (Wildman–Crippen LogP) is 7.10. The summed E-state index contributed by atoms with van der Waals surface area (Å²) in [6.07, 6.45) is 13.8. The van der Waals surface area contributed by atoms with Crippen LogP contribution in [0.15, 0.2) is 107 Å². The number of hydrogen-bond acceptors (Lipinski definition) is 1.